The molecular formula is C23H33N3O3. The number of nitrogens with one attached hydrogen (secondary N) is 1. The third kappa shape index (κ3) is 4.27. The Morgan fingerprint density at radius 2 is 1.97 bits per heavy atom. The molecule has 0 aromatic heterocycles. The largest absolute Gasteiger partial charge is 0.481 e. The van der Waals surface area contributed by atoms with Gasteiger partial charge in [0, 0.05) is 26.2 Å². The zero-order valence-electron chi connectivity index (χ0n) is 17.4. The molecule has 1 aromatic rings. The van der Waals surface area contributed by atoms with Crippen molar-refractivity contribution in [2.24, 2.45) is 17.3 Å². The van der Waals surface area contributed by atoms with Gasteiger partial charge in [0.1, 0.15) is 0 Å². The van der Waals surface area contributed by atoms with Crippen LogP contribution in [0.2, 0.25) is 0 Å². The molecule has 0 radical (unpaired) electrons. The predicted molar refractivity (Wildman–Crippen MR) is 111 cm³/mol. The van der Waals surface area contributed by atoms with Crippen LogP contribution in [-0.2, 0) is 17.9 Å². The first-order valence-electron chi connectivity index (χ1n) is 11.0. The Labute approximate surface area is 173 Å². The number of piperidine rings is 1. The molecule has 2 heterocycles. The summed E-state index contributed by atoms with van der Waals surface area (Å²) in [5.41, 5.74) is 1.66. The van der Waals surface area contributed by atoms with Gasteiger partial charge in [-0.1, -0.05) is 37.6 Å². The summed E-state index contributed by atoms with van der Waals surface area (Å²) in [6.07, 6.45) is 5.09. The number of likely N-dealkylation sites (tertiary alicyclic amines) is 2. The van der Waals surface area contributed by atoms with Gasteiger partial charge < -0.3 is 15.3 Å². The number of hydrogen-bond acceptors (Lipinski definition) is 3. The Bertz CT molecular complexity index is 759. The van der Waals surface area contributed by atoms with Crippen LogP contribution < -0.4 is 5.32 Å². The zero-order valence-corrected chi connectivity index (χ0v) is 17.4. The smallest absolute Gasteiger partial charge is 0.317 e. The second-order valence-electron chi connectivity index (χ2n) is 9.37. The topological polar surface area (TPSA) is 72.9 Å². The van der Waals surface area contributed by atoms with E-state index in [-0.39, 0.29) is 11.9 Å². The maximum Gasteiger partial charge on any atom is 0.317 e. The van der Waals surface area contributed by atoms with Gasteiger partial charge >= 0.3 is 12.0 Å². The Balaban J connectivity index is 1.30. The fourth-order valence-corrected chi connectivity index (χ4v) is 5.40. The van der Waals surface area contributed by atoms with E-state index in [9.17, 15) is 14.7 Å². The molecule has 29 heavy (non-hydrogen) atoms. The van der Waals surface area contributed by atoms with E-state index in [2.05, 4.69) is 35.3 Å². The number of hydrogen-bond donors (Lipinski definition) is 2. The Hall–Kier alpha value is -2.08. The van der Waals surface area contributed by atoms with Crippen molar-refractivity contribution in [1.82, 2.24) is 15.1 Å². The van der Waals surface area contributed by atoms with Crippen LogP contribution in [0.1, 0.15) is 50.2 Å². The van der Waals surface area contributed by atoms with Crippen molar-refractivity contribution in [3.63, 3.8) is 0 Å². The molecule has 1 saturated carbocycles. The lowest BCUT2D eigenvalue weighted by atomic mass is 9.81. The number of carboxylic acid groups (broad SMARTS) is 1. The van der Waals surface area contributed by atoms with Crippen LogP contribution in [0.3, 0.4) is 0 Å². The summed E-state index contributed by atoms with van der Waals surface area (Å²) >= 11 is 0. The number of benzene rings is 1. The number of carbonyl (C=O) groups excluding carboxylic acids is 1. The van der Waals surface area contributed by atoms with Crippen LogP contribution >= 0.6 is 0 Å². The molecule has 1 aliphatic carbocycles. The number of urea groups is 1. The van der Waals surface area contributed by atoms with Crippen molar-refractivity contribution < 1.29 is 14.7 Å². The summed E-state index contributed by atoms with van der Waals surface area (Å²) < 4.78 is 0. The van der Waals surface area contributed by atoms with Crippen molar-refractivity contribution in [1.29, 1.82) is 0 Å². The van der Waals surface area contributed by atoms with Crippen LogP contribution in [0.25, 0.3) is 0 Å². The first kappa shape index (κ1) is 20.2. The number of carbonyl (C=O) groups is 2. The molecule has 1 aromatic carbocycles. The van der Waals surface area contributed by atoms with Crippen molar-refractivity contribution in [3.05, 3.63) is 35.4 Å². The molecular weight excluding hydrogens is 366 g/mol. The van der Waals surface area contributed by atoms with E-state index in [4.69, 9.17) is 0 Å². The lowest BCUT2D eigenvalue weighted by Gasteiger charge is -2.30. The summed E-state index contributed by atoms with van der Waals surface area (Å²) in [6.45, 7) is 6.98. The van der Waals surface area contributed by atoms with Crippen molar-refractivity contribution in [2.75, 3.05) is 26.2 Å². The van der Waals surface area contributed by atoms with Crippen LogP contribution in [0, 0.1) is 17.3 Å². The van der Waals surface area contributed by atoms with Crippen LogP contribution in [0.5, 0.6) is 0 Å². The molecule has 4 rings (SSSR count). The fourth-order valence-electron chi connectivity index (χ4n) is 5.40. The number of fused-ring (bicyclic) bond motifs is 1. The predicted octanol–water partition coefficient (Wildman–Crippen LogP) is 3.31. The van der Waals surface area contributed by atoms with Gasteiger partial charge in [-0.05, 0) is 61.7 Å². The molecule has 3 fully saturated rings. The van der Waals surface area contributed by atoms with Gasteiger partial charge in [0.05, 0.1) is 5.41 Å². The average Bonchev–Trinajstić information content (AvgIpc) is 3.27. The minimum absolute atomic E-state index is 0.0985. The van der Waals surface area contributed by atoms with Crippen LogP contribution in [0.15, 0.2) is 24.3 Å². The number of nitrogens with zero attached hydrogens (tertiary/aromatic N) is 2. The van der Waals surface area contributed by atoms with Gasteiger partial charge in [-0.15, -0.1) is 0 Å². The second-order valence-corrected chi connectivity index (χ2v) is 9.37. The minimum Gasteiger partial charge on any atom is -0.481 e. The molecule has 6 heteroatoms. The van der Waals surface area contributed by atoms with Gasteiger partial charge in [0.15, 0.2) is 0 Å². The fraction of sp³-hybridized carbons (Fsp3) is 0.652. The van der Waals surface area contributed by atoms with Gasteiger partial charge in [0.2, 0.25) is 0 Å². The number of carboxylic acids is 1. The van der Waals surface area contributed by atoms with Gasteiger partial charge in [-0.25, -0.2) is 4.79 Å². The van der Waals surface area contributed by atoms with Gasteiger partial charge in [-0.3, -0.25) is 9.69 Å². The molecule has 6 nitrogen and oxygen atoms in total. The Morgan fingerprint density at radius 3 is 2.69 bits per heavy atom. The van der Waals surface area contributed by atoms with Crippen LogP contribution in [-0.4, -0.2) is 53.1 Å². The van der Waals surface area contributed by atoms with Crippen molar-refractivity contribution in [2.45, 2.75) is 52.1 Å². The molecule has 158 valence electrons. The normalized spacial score (nSPS) is 27.8. The molecule has 3 aliphatic rings. The van der Waals surface area contributed by atoms with E-state index >= 15 is 0 Å². The highest BCUT2D eigenvalue weighted by atomic mass is 16.4. The highest BCUT2D eigenvalue weighted by Crippen LogP contribution is 2.48. The summed E-state index contributed by atoms with van der Waals surface area (Å²) in [4.78, 5) is 28.7. The Kier molecular flexibility index (Phi) is 5.81. The third-order valence-corrected chi connectivity index (χ3v) is 7.30. The molecule has 0 unspecified atom stereocenters. The molecule has 0 bridgehead atoms. The first-order valence-corrected chi connectivity index (χ1v) is 11.0. The molecule has 2 amide bonds. The summed E-state index contributed by atoms with van der Waals surface area (Å²) in [5.74, 6) is 0.189. The number of rotatable bonds is 5. The van der Waals surface area contributed by atoms with E-state index in [0.29, 0.717) is 26.1 Å². The van der Waals surface area contributed by atoms with Crippen LogP contribution in [0.4, 0.5) is 4.79 Å². The quantitative estimate of drug-likeness (QED) is 0.797. The zero-order chi connectivity index (χ0) is 20.4. The number of amides is 2. The molecule has 2 atom stereocenters. The van der Waals surface area contributed by atoms with E-state index in [1.807, 2.05) is 6.07 Å². The third-order valence-electron chi connectivity index (χ3n) is 7.30. The highest BCUT2D eigenvalue weighted by Gasteiger charge is 2.55. The van der Waals surface area contributed by atoms with E-state index in [1.54, 1.807) is 4.90 Å². The van der Waals surface area contributed by atoms with E-state index in [1.165, 1.54) is 18.4 Å². The lowest BCUT2D eigenvalue weighted by molar-refractivity contribution is -0.149. The Morgan fingerprint density at radius 1 is 1.21 bits per heavy atom. The summed E-state index contributed by atoms with van der Waals surface area (Å²) in [5, 5.41) is 12.7. The highest BCUT2D eigenvalue weighted by molar-refractivity contribution is 5.80. The average molecular weight is 400 g/mol. The SMILES string of the molecule is CC1CCN(Cc2cccc(CNC(=O)N3C[C@@H]4CCC[C@@]4(C(=O)O)C3)c2)CC1. The first-order chi connectivity index (χ1) is 14.0. The standard InChI is InChI=1S/C23H33N3O3/c1-17-7-10-25(11-8-17)14-19-5-2-4-18(12-19)13-24-22(29)26-15-20-6-3-9-23(20,16-26)21(27)28/h2,4-5,12,17,20H,3,6-11,13-16H2,1H3,(H,24,29)(H,27,28)/t20-,23+/m0/s1. The van der Waals surface area contributed by atoms with Crippen molar-refractivity contribution in [3.8, 4) is 0 Å². The minimum atomic E-state index is -0.741. The monoisotopic (exact) mass is 399 g/mol. The van der Waals surface area contributed by atoms with E-state index < -0.39 is 11.4 Å². The van der Waals surface area contributed by atoms with Gasteiger partial charge in [0.25, 0.3) is 0 Å². The maximum absolute atomic E-state index is 12.7. The summed E-state index contributed by atoms with van der Waals surface area (Å²) in [6, 6.07) is 8.29. The van der Waals surface area contributed by atoms with E-state index in [0.717, 1.165) is 44.0 Å². The molecule has 0 spiro atoms. The molecule has 2 aliphatic heterocycles. The molecule has 2 N–H and O–H groups in total. The molecule has 2 saturated heterocycles. The summed E-state index contributed by atoms with van der Waals surface area (Å²) in [7, 11) is 0. The van der Waals surface area contributed by atoms with Crippen molar-refractivity contribution >= 4 is 12.0 Å². The number of aliphatic carboxylic acids is 1. The maximum atomic E-state index is 12.7. The van der Waals surface area contributed by atoms with Gasteiger partial charge in [-0.2, -0.15) is 0 Å². The second kappa shape index (κ2) is 8.34. The lowest BCUT2D eigenvalue weighted by Crippen LogP contribution is -2.41.